The molecule has 0 aliphatic carbocycles. The number of hydrogen-bond acceptors (Lipinski definition) is 7. The number of hydrazone groups is 1. The molecule has 42 heavy (non-hydrogen) atoms. The number of nitrogens with zero attached hydrogens (tertiary/aromatic N) is 3. The summed E-state index contributed by atoms with van der Waals surface area (Å²) in [7, 11) is 0. The summed E-state index contributed by atoms with van der Waals surface area (Å²) in [6.07, 6.45) is -0.427. The number of benzene rings is 3. The Bertz CT molecular complexity index is 1480. The number of hydrogen-bond donors (Lipinski definition) is 4. The van der Waals surface area contributed by atoms with Crippen molar-refractivity contribution in [1.29, 1.82) is 0 Å². The molecule has 1 heterocycles. The Morgan fingerprint density at radius 1 is 1.02 bits per heavy atom. The highest BCUT2D eigenvalue weighted by atomic mass is 16.5. The lowest BCUT2D eigenvalue weighted by Gasteiger charge is -2.25. The average Bonchev–Trinajstić information content (AvgIpc) is 3.11. The number of nitrogens with one attached hydrogen (secondary N) is 3. The Balaban J connectivity index is 1.62. The molecule has 12 heteroatoms. The number of benzodiazepines with no additional fused rings is 1. The molecule has 4 rings (SSSR count). The number of anilines is 1. The van der Waals surface area contributed by atoms with E-state index in [-0.39, 0.29) is 13.2 Å². The number of para-hydroxylation sites is 1. The van der Waals surface area contributed by atoms with Crippen molar-refractivity contribution in [3.05, 3.63) is 102 Å². The van der Waals surface area contributed by atoms with Gasteiger partial charge in [0, 0.05) is 17.3 Å². The van der Waals surface area contributed by atoms with Gasteiger partial charge in [0.1, 0.15) is 13.2 Å². The molecule has 2 atom stereocenters. The van der Waals surface area contributed by atoms with Crippen molar-refractivity contribution in [1.82, 2.24) is 16.1 Å². The molecule has 12 nitrogen and oxygen atoms in total. The van der Waals surface area contributed by atoms with Crippen molar-refractivity contribution < 1.29 is 23.9 Å². The van der Waals surface area contributed by atoms with E-state index in [0.29, 0.717) is 23.4 Å². The molecule has 0 bridgehead atoms. The summed E-state index contributed by atoms with van der Waals surface area (Å²) in [4.78, 5) is 56.7. The van der Waals surface area contributed by atoms with Gasteiger partial charge in [-0.15, -0.1) is 0 Å². The van der Waals surface area contributed by atoms with E-state index in [1.54, 1.807) is 24.3 Å². The maximum absolute atomic E-state index is 13.9. The first-order chi connectivity index (χ1) is 20.4. The smallest absolute Gasteiger partial charge is 0.409 e. The Hall–Kier alpha value is -5.52. The van der Waals surface area contributed by atoms with Crippen LogP contribution in [0.5, 0.6) is 0 Å². The zero-order valence-electron chi connectivity index (χ0n) is 22.9. The normalized spacial score (nSPS) is 15.2. The number of fused-ring (bicyclic) bond motifs is 1. The molecular formula is C30H31N7O5. The fraction of sp³-hybridized carbons (Fsp3) is 0.200. The van der Waals surface area contributed by atoms with Crippen LogP contribution in [-0.2, 0) is 20.9 Å². The highest BCUT2D eigenvalue weighted by molar-refractivity contribution is 6.20. The Morgan fingerprint density at radius 3 is 2.38 bits per heavy atom. The largest absolute Gasteiger partial charge is 0.445 e. The summed E-state index contributed by atoms with van der Waals surface area (Å²) in [6.45, 7) is 1.44. The second-order valence-electron chi connectivity index (χ2n) is 9.23. The molecular weight excluding hydrogens is 538 g/mol. The van der Waals surface area contributed by atoms with Crippen molar-refractivity contribution in [3.63, 3.8) is 0 Å². The van der Waals surface area contributed by atoms with Crippen molar-refractivity contribution in [3.8, 4) is 0 Å². The highest BCUT2D eigenvalue weighted by Crippen LogP contribution is 2.28. The molecule has 0 radical (unpaired) electrons. The molecule has 0 aromatic heterocycles. The van der Waals surface area contributed by atoms with E-state index < -0.39 is 36.1 Å². The summed E-state index contributed by atoms with van der Waals surface area (Å²) >= 11 is 0. The number of urea groups is 1. The second-order valence-corrected chi connectivity index (χ2v) is 9.23. The Labute approximate surface area is 242 Å². The van der Waals surface area contributed by atoms with Gasteiger partial charge in [-0.1, -0.05) is 85.8 Å². The summed E-state index contributed by atoms with van der Waals surface area (Å²) in [6, 6.07) is 24.0. The van der Waals surface area contributed by atoms with Crippen molar-refractivity contribution >= 4 is 41.6 Å². The molecule has 1 aliphatic heterocycles. The molecule has 0 saturated heterocycles. The van der Waals surface area contributed by atoms with Crippen LogP contribution < -0.4 is 26.7 Å². The van der Waals surface area contributed by atoms with Gasteiger partial charge < -0.3 is 15.8 Å². The van der Waals surface area contributed by atoms with Crippen LogP contribution in [0.1, 0.15) is 30.0 Å². The molecule has 216 valence electrons. The van der Waals surface area contributed by atoms with Crippen LogP contribution in [0.25, 0.3) is 0 Å². The minimum absolute atomic E-state index is 0.000242. The molecule has 3 aromatic carbocycles. The zero-order chi connectivity index (χ0) is 29.9. The van der Waals surface area contributed by atoms with Gasteiger partial charge in [-0.3, -0.25) is 19.8 Å². The second kappa shape index (κ2) is 14.2. The van der Waals surface area contributed by atoms with Crippen LogP contribution in [0, 0.1) is 0 Å². The summed E-state index contributed by atoms with van der Waals surface area (Å²) in [5.74, 6) is -1.12. The van der Waals surface area contributed by atoms with Gasteiger partial charge in [-0.25, -0.2) is 20.0 Å². The van der Waals surface area contributed by atoms with Crippen LogP contribution in [0.2, 0.25) is 0 Å². The first kappa shape index (κ1) is 29.5. The van der Waals surface area contributed by atoms with Gasteiger partial charge in [0.25, 0.3) is 5.91 Å². The molecule has 0 spiro atoms. The lowest BCUT2D eigenvalue weighted by atomic mass is 10.0. The number of amides is 5. The number of carbonyl (C=O) groups is 4. The van der Waals surface area contributed by atoms with Gasteiger partial charge in [0.15, 0.2) is 0 Å². The predicted octanol–water partition coefficient (Wildman–Crippen LogP) is 2.67. The minimum Gasteiger partial charge on any atom is -0.445 e. The van der Waals surface area contributed by atoms with Gasteiger partial charge in [0.05, 0.1) is 17.4 Å². The van der Waals surface area contributed by atoms with Crippen LogP contribution in [-0.4, -0.2) is 54.6 Å². The maximum Gasteiger partial charge on any atom is 0.409 e. The molecule has 1 aliphatic rings. The molecule has 3 aromatic rings. The van der Waals surface area contributed by atoms with Gasteiger partial charge in [-0.2, -0.15) is 5.10 Å². The monoisotopic (exact) mass is 569 g/mol. The van der Waals surface area contributed by atoms with E-state index in [9.17, 15) is 19.2 Å². The zero-order valence-corrected chi connectivity index (χ0v) is 22.9. The molecule has 0 saturated carbocycles. The van der Waals surface area contributed by atoms with Crippen molar-refractivity contribution in [2.75, 3.05) is 11.4 Å². The third-order valence-corrected chi connectivity index (χ3v) is 6.24. The number of nitrogens with two attached hydrogens (primary N) is 1. The molecule has 5 amide bonds. The number of aliphatic imine (C=N–C) groups is 1. The van der Waals surface area contributed by atoms with Gasteiger partial charge >= 0.3 is 12.1 Å². The van der Waals surface area contributed by atoms with Crippen molar-refractivity contribution in [2.45, 2.75) is 32.2 Å². The summed E-state index contributed by atoms with van der Waals surface area (Å²) in [5.41, 5.74) is 10.1. The SMILES string of the molecule is CC[C@@H](/C=N\NC(N)=O)NC(=O)CN1C(=O)C(NC(=O)OCc2ccccc2)N=C(c2ccccc2)c2ccccc21. The highest BCUT2D eigenvalue weighted by Gasteiger charge is 2.34. The van der Waals surface area contributed by atoms with Crippen LogP contribution >= 0.6 is 0 Å². The number of primary amides is 1. The third-order valence-electron chi connectivity index (χ3n) is 6.24. The van der Waals surface area contributed by atoms with Gasteiger partial charge in [-0.05, 0) is 18.1 Å². The molecule has 1 unspecified atom stereocenters. The molecule has 5 N–H and O–H groups in total. The van der Waals surface area contributed by atoms with E-state index in [1.807, 2.05) is 67.6 Å². The Kier molecular flexibility index (Phi) is 9.97. The maximum atomic E-state index is 13.9. The van der Waals surface area contributed by atoms with Crippen LogP contribution in [0.15, 0.2) is 95.0 Å². The fourth-order valence-electron chi connectivity index (χ4n) is 4.22. The number of ether oxygens (including phenoxy) is 1. The van der Waals surface area contributed by atoms with E-state index in [0.717, 1.165) is 11.1 Å². The quantitative estimate of drug-likeness (QED) is 0.217. The number of carbonyl (C=O) groups excluding carboxylic acids is 4. The first-order valence-electron chi connectivity index (χ1n) is 13.2. The number of rotatable bonds is 10. The van der Waals surface area contributed by atoms with Gasteiger partial charge in [0.2, 0.25) is 12.1 Å². The van der Waals surface area contributed by atoms with Crippen LogP contribution in [0.3, 0.4) is 0 Å². The third kappa shape index (κ3) is 7.78. The lowest BCUT2D eigenvalue weighted by molar-refractivity contribution is -0.124. The summed E-state index contributed by atoms with van der Waals surface area (Å²) in [5, 5.41) is 9.05. The van der Waals surface area contributed by atoms with E-state index in [4.69, 9.17) is 10.5 Å². The van der Waals surface area contributed by atoms with Crippen molar-refractivity contribution in [2.24, 2.45) is 15.8 Å². The summed E-state index contributed by atoms with van der Waals surface area (Å²) < 4.78 is 5.35. The average molecular weight is 570 g/mol. The number of alkyl carbamates (subject to hydrolysis) is 1. The first-order valence-corrected chi connectivity index (χ1v) is 13.2. The van der Waals surface area contributed by atoms with E-state index in [1.165, 1.54) is 11.1 Å². The lowest BCUT2D eigenvalue weighted by Crippen LogP contribution is -2.51. The topological polar surface area (TPSA) is 168 Å². The van der Waals surface area contributed by atoms with E-state index in [2.05, 4.69) is 26.2 Å². The Morgan fingerprint density at radius 2 is 1.69 bits per heavy atom. The van der Waals surface area contributed by atoms with E-state index >= 15 is 0 Å². The minimum atomic E-state index is -1.38. The standard InChI is InChI=1S/C30H31N7O5/c1-2-22(17-32-36-29(31)40)33-25(38)18-37-24-16-10-9-15-23(24)26(21-13-7-4-8-14-21)34-27(28(37)39)35-30(41)42-19-20-11-5-3-6-12-20/h3-17,22,27H,2,18-19H2,1H3,(H,33,38)(H,35,41)(H3,31,36,40)/b32-17-/t22-,27?/m0/s1. The van der Waals surface area contributed by atoms with Crippen LogP contribution in [0.4, 0.5) is 15.3 Å². The fourth-order valence-corrected chi connectivity index (χ4v) is 4.22. The predicted molar refractivity (Wildman–Crippen MR) is 158 cm³/mol. The molecule has 0 fully saturated rings.